The summed E-state index contributed by atoms with van der Waals surface area (Å²) < 4.78 is 31.8. The van der Waals surface area contributed by atoms with Gasteiger partial charge in [-0.05, 0) is 25.7 Å². The Balaban J connectivity index is 0.00000200. The largest absolute Gasteiger partial charge is 0.360 e. The smallest absolute Gasteiger partial charge is 0.248 e. The Kier molecular flexibility index (Phi) is 4.91. The van der Waals surface area contributed by atoms with E-state index in [4.69, 9.17) is 10.3 Å². The summed E-state index contributed by atoms with van der Waals surface area (Å²) >= 11 is 0. The molecule has 2 heterocycles. The molecule has 1 saturated heterocycles. The van der Waals surface area contributed by atoms with Crippen molar-refractivity contribution in [3.05, 3.63) is 11.5 Å². The summed E-state index contributed by atoms with van der Waals surface area (Å²) in [5.74, 6) is 0.338. The number of sulfonamides is 1. The Bertz CT molecular complexity index is 563. The lowest BCUT2D eigenvalue weighted by Gasteiger charge is -2.41. The van der Waals surface area contributed by atoms with Gasteiger partial charge in [0.15, 0.2) is 5.76 Å². The van der Waals surface area contributed by atoms with Crippen LogP contribution in [0.15, 0.2) is 9.42 Å². The summed E-state index contributed by atoms with van der Waals surface area (Å²) in [7, 11) is -3.55. The van der Waals surface area contributed by atoms with E-state index in [1.807, 2.05) is 13.8 Å². The maximum Gasteiger partial charge on any atom is 0.248 e. The number of aromatic nitrogens is 1. The molecule has 1 aliphatic heterocycles. The molecule has 0 aliphatic carbocycles. The number of nitrogens with two attached hydrogens (primary N) is 1. The van der Waals surface area contributed by atoms with Crippen LogP contribution in [0.5, 0.6) is 0 Å². The van der Waals surface area contributed by atoms with Crippen LogP contribution in [-0.2, 0) is 10.0 Å². The van der Waals surface area contributed by atoms with E-state index in [0.29, 0.717) is 31.0 Å². The maximum atomic E-state index is 12.7. The van der Waals surface area contributed by atoms with Gasteiger partial charge in [0.2, 0.25) is 10.0 Å². The zero-order valence-corrected chi connectivity index (χ0v) is 13.8. The Morgan fingerprint density at radius 3 is 2.45 bits per heavy atom. The second-order valence-electron chi connectivity index (χ2n) is 5.88. The normalized spacial score (nSPS) is 23.4. The summed E-state index contributed by atoms with van der Waals surface area (Å²) in [6.07, 6.45) is 0.662. The van der Waals surface area contributed by atoms with E-state index in [-0.39, 0.29) is 28.8 Å². The van der Waals surface area contributed by atoms with Gasteiger partial charge in [-0.25, -0.2) is 8.42 Å². The van der Waals surface area contributed by atoms with Crippen molar-refractivity contribution in [2.45, 2.75) is 45.1 Å². The predicted molar refractivity (Wildman–Crippen MR) is 78.4 cm³/mol. The van der Waals surface area contributed by atoms with E-state index in [1.54, 1.807) is 13.8 Å². The molecule has 116 valence electrons. The van der Waals surface area contributed by atoms with Crippen molar-refractivity contribution < 1.29 is 12.9 Å². The molecule has 1 aliphatic rings. The predicted octanol–water partition coefficient (Wildman–Crippen LogP) is 1.46. The number of piperidine rings is 1. The first-order valence-electron chi connectivity index (χ1n) is 6.35. The molecule has 0 radical (unpaired) electrons. The standard InChI is InChI=1S/C12H21N3O3S.ClH/c1-8-11(9(2)18-14-8)19(16,17)15-6-5-10(13)12(3,4)7-15;/h10H,5-7,13H2,1-4H3;1H. The molecular formula is C12H22ClN3O3S. The summed E-state index contributed by atoms with van der Waals surface area (Å²) in [5.41, 5.74) is 6.22. The highest BCUT2D eigenvalue weighted by Gasteiger charge is 2.40. The van der Waals surface area contributed by atoms with Gasteiger partial charge in [0, 0.05) is 19.1 Å². The number of hydrogen-bond acceptors (Lipinski definition) is 5. The van der Waals surface area contributed by atoms with Crippen molar-refractivity contribution in [1.29, 1.82) is 0 Å². The Hall–Kier alpha value is -0.630. The molecule has 6 nitrogen and oxygen atoms in total. The van der Waals surface area contributed by atoms with Crippen LogP contribution in [0.1, 0.15) is 31.7 Å². The van der Waals surface area contributed by atoms with Crippen molar-refractivity contribution in [3.8, 4) is 0 Å². The molecule has 1 fully saturated rings. The fourth-order valence-corrected chi connectivity index (χ4v) is 4.42. The van der Waals surface area contributed by atoms with E-state index in [9.17, 15) is 8.42 Å². The molecule has 0 aromatic carbocycles. The van der Waals surface area contributed by atoms with Gasteiger partial charge in [0.1, 0.15) is 10.6 Å². The monoisotopic (exact) mass is 323 g/mol. The van der Waals surface area contributed by atoms with Gasteiger partial charge < -0.3 is 10.3 Å². The van der Waals surface area contributed by atoms with E-state index < -0.39 is 10.0 Å². The van der Waals surface area contributed by atoms with Crippen LogP contribution >= 0.6 is 12.4 Å². The van der Waals surface area contributed by atoms with Crippen molar-refractivity contribution in [3.63, 3.8) is 0 Å². The molecule has 1 unspecified atom stereocenters. The maximum absolute atomic E-state index is 12.7. The minimum atomic E-state index is -3.55. The van der Waals surface area contributed by atoms with E-state index in [1.165, 1.54) is 4.31 Å². The van der Waals surface area contributed by atoms with E-state index in [2.05, 4.69) is 5.16 Å². The van der Waals surface area contributed by atoms with E-state index in [0.717, 1.165) is 0 Å². The number of rotatable bonds is 2. The topological polar surface area (TPSA) is 89.4 Å². The minimum Gasteiger partial charge on any atom is -0.360 e. The van der Waals surface area contributed by atoms with Gasteiger partial charge >= 0.3 is 0 Å². The second-order valence-corrected chi connectivity index (χ2v) is 7.75. The lowest BCUT2D eigenvalue weighted by molar-refractivity contribution is 0.155. The van der Waals surface area contributed by atoms with Crippen molar-refractivity contribution in [2.75, 3.05) is 13.1 Å². The van der Waals surface area contributed by atoms with Gasteiger partial charge in [-0.3, -0.25) is 0 Å². The minimum absolute atomic E-state index is 0. The Morgan fingerprint density at radius 1 is 1.40 bits per heavy atom. The third-order valence-electron chi connectivity index (χ3n) is 3.84. The second kappa shape index (κ2) is 5.63. The molecule has 8 heteroatoms. The summed E-state index contributed by atoms with van der Waals surface area (Å²) in [6, 6.07) is 0.0172. The van der Waals surface area contributed by atoms with Crippen LogP contribution in [0, 0.1) is 19.3 Å². The third kappa shape index (κ3) is 2.86. The first-order chi connectivity index (χ1) is 8.66. The van der Waals surface area contributed by atoms with Crippen molar-refractivity contribution in [1.82, 2.24) is 9.46 Å². The van der Waals surface area contributed by atoms with Crippen molar-refractivity contribution >= 4 is 22.4 Å². The first-order valence-corrected chi connectivity index (χ1v) is 7.79. The molecular weight excluding hydrogens is 302 g/mol. The Morgan fingerprint density at radius 2 is 2.00 bits per heavy atom. The zero-order valence-electron chi connectivity index (χ0n) is 12.2. The molecule has 0 amide bonds. The molecule has 1 atom stereocenters. The molecule has 1 aromatic rings. The molecule has 2 N–H and O–H groups in total. The first kappa shape index (κ1) is 17.4. The average molecular weight is 324 g/mol. The molecule has 1 aromatic heterocycles. The average Bonchev–Trinajstić information content (AvgIpc) is 2.62. The number of aryl methyl sites for hydroxylation is 2. The Labute approximate surface area is 126 Å². The highest BCUT2D eigenvalue weighted by molar-refractivity contribution is 7.89. The van der Waals surface area contributed by atoms with Crippen LogP contribution in [0.25, 0.3) is 0 Å². The van der Waals surface area contributed by atoms with Crippen LogP contribution in [-0.4, -0.2) is 37.0 Å². The summed E-state index contributed by atoms with van der Waals surface area (Å²) in [6.45, 7) is 8.11. The zero-order chi connectivity index (χ0) is 14.4. The fraction of sp³-hybridized carbons (Fsp3) is 0.750. The van der Waals surface area contributed by atoms with Gasteiger partial charge in [-0.15, -0.1) is 12.4 Å². The van der Waals surface area contributed by atoms with Crippen LogP contribution in [0.4, 0.5) is 0 Å². The van der Waals surface area contributed by atoms with Gasteiger partial charge in [-0.1, -0.05) is 19.0 Å². The van der Waals surface area contributed by atoms with Crippen LogP contribution in [0.3, 0.4) is 0 Å². The third-order valence-corrected chi connectivity index (χ3v) is 5.93. The number of nitrogens with zero attached hydrogens (tertiary/aromatic N) is 2. The summed E-state index contributed by atoms with van der Waals surface area (Å²) in [5, 5.41) is 3.72. The molecule has 0 saturated carbocycles. The van der Waals surface area contributed by atoms with Gasteiger partial charge in [0.05, 0.1) is 0 Å². The highest BCUT2D eigenvalue weighted by Crippen LogP contribution is 2.32. The molecule has 0 bridgehead atoms. The highest BCUT2D eigenvalue weighted by atomic mass is 35.5. The molecule has 20 heavy (non-hydrogen) atoms. The number of hydrogen-bond donors (Lipinski definition) is 1. The van der Waals surface area contributed by atoms with Crippen LogP contribution < -0.4 is 5.73 Å². The van der Waals surface area contributed by atoms with Gasteiger partial charge in [-0.2, -0.15) is 4.31 Å². The molecule has 2 rings (SSSR count). The SMILES string of the molecule is Cc1noc(C)c1S(=O)(=O)N1CCC(N)C(C)(C)C1.Cl. The lowest BCUT2D eigenvalue weighted by Crippen LogP contribution is -2.53. The quantitative estimate of drug-likeness (QED) is 0.890. The molecule has 0 spiro atoms. The fourth-order valence-electron chi connectivity index (χ4n) is 2.50. The van der Waals surface area contributed by atoms with Gasteiger partial charge in [0.25, 0.3) is 0 Å². The lowest BCUT2D eigenvalue weighted by atomic mass is 9.81. The summed E-state index contributed by atoms with van der Waals surface area (Å²) in [4.78, 5) is 0.193. The van der Waals surface area contributed by atoms with Crippen LogP contribution in [0.2, 0.25) is 0 Å². The van der Waals surface area contributed by atoms with E-state index >= 15 is 0 Å². The number of halogens is 1. The van der Waals surface area contributed by atoms with Crippen molar-refractivity contribution in [2.24, 2.45) is 11.1 Å².